The van der Waals surface area contributed by atoms with E-state index >= 15 is 0 Å². The lowest BCUT2D eigenvalue weighted by Gasteiger charge is -2.09. The predicted molar refractivity (Wildman–Crippen MR) is 57.3 cm³/mol. The Kier molecular flexibility index (Phi) is 3.54. The molecule has 0 saturated heterocycles. The van der Waals surface area contributed by atoms with E-state index in [9.17, 15) is 9.36 Å². The smallest absolute Gasteiger partial charge is 0.177 e. The van der Waals surface area contributed by atoms with Gasteiger partial charge in [-0.25, -0.2) is 0 Å². The maximum atomic E-state index is 11.8. The number of ketones is 1. The zero-order valence-corrected chi connectivity index (χ0v) is 9.47. The fourth-order valence-corrected chi connectivity index (χ4v) is 1.68. The Morgan fingerprint density at radius 2 is 1.79 bits per heavy atom. The molecule has 1 aromatic rings. The van der Waals surface area contributed by atoms with Crippen molar-refractivity contribution in [1.82, 2.24) is 0 Å². The third-order valence-electron chi connectivity index (χ3n) is 2.27. The van der Waals surface area contributed by atoms with Crippen LogP contribution in [0.5, 0.6) is 0 Å². The van der Waals surface area contributed by atoms with E-state index in [0.717, 1.165) is 11.1 Å². The number of benzene rings is 1. The zero-order valence-electron chi connectivity index (χ0n) is 8.57. The van der Waals surface area contributed by atoms with Crippen LogP contribution in [0.2, 0.25) is 0 Å². The van der Waals surface area contributed by atoms with E-state index in [1.54, 1.807) is 6.92 Å². The van der Waals surface area contributed by atoms with Crippen molar-refractivity contribution in [2.75, 3.05) is 0 Å². The first-order valence-corrected chi connectivity index (χ1v) is 5.39. The summed E-state index contributed by atoms with van der Waals surface area (Å²) < 4.78 is 10.6. The summed E-state index contributed by atoms with van der Waals surface area (Å²) in [6.07, 6.45) is 0. The van der Waals surface area contributed by atoms with E-state index in [0.29, 0.717) is 5.56 Å². The molecule has 1 rings (SSSR count). The average molecular weight is 208 g/mol. The number of Topliss-reactive ketones (excluding diaryl/α,β-unsaturated/α-hetero) is 1. The molecular formula is C11H13O2P. The van der Waals surface area contributed by atoms with Gasteiger partial charge in [0.05, 0.1) is 0 Å². The summed E-state index contributed by atoms with van der Waals surface area (Å²) in [4.78, 5) is 11.8. The molecule has 0 fully saturated rings. The van der Waals surface area contributed by atoms with Gasteiger partial charge in [0, 0.05) is 5.56 Å². The molecule has 14 heavy (non-hydrogen) atoms. The lowest BCUT2D eigenvalue weighted by Crippen LogP contribution is -2.13. The number of carbonyl (C=O) groups excluding carboxylic acids is 1. The summed E-state index contributed by atoms with van der Waals surface area (Å²) >= 11 is 0. The van der Waals surface area contributed by atoms with Crippen molar-refractivity contribution in [2.24, 2.45) is 0 Å². The molecule has 0 aromatic heterocycles. The van der Waals surface area contributed by atoms with Crippen LogP contribution in [0.1, 0.15) is 28.4 Å². The van der Waals surface area contributed by atoms with Crippen LogP contribution in [0.25, 0.3) is 0 Å². The Morgan fingerprint density at radius 3 is 2.21 bits per heavy atom. The highest BCUT2D eigenvalue weighted by atomic mass is 31.1. The van der Waals surface area contributed by atoms with Crippen LogP contribution >= 0.6 is 8.46 Å². The van der Waals surface area contributed by atoms with E-state index in [4.69, 9.17) is 0 Å². The molecule has 1 atom stereocenters. The van der Waals surface area contributed by atoms with Crippen molar-refractivity contribution in [2.45, 2.75) is 26.4 Å². The molecule has 1 unspecified atom stereocenters. The number of rotatable bonds is 3. The molecule has 0 bridgehead atoms. The van der Waals surface area contributed by atoms with Crippen LogP contribution in [-0.4, -0.2) is 11.4 Å². The summed E-state index contributed by atoms with van der Waals surface area (Å²) in [7, 11) is -0.112. The number of hydrogen-bond donors (Lipinski definition) is 0. The molecule has 0 aliphatic heterocycles. The minimum absolute atomic E-state index is 0.0442. The lowest BCUT2D eigenvalue weighted by atomic mass is 9.98. The van der Waals surface area contributed by atoms with Crippen LogP contribution in [0.4, 0.5) is 0 Å². The van der Waals surface area contributed by atoms with Gasteiger partial charge < -0.3 is 0 Å². The van der Waals surface area contributed by atoms with E-state index < -0.39 is 5.66 Å². The third-order valence-corrected chi connectivity index (χ3v) is 2.82. The van der Waals surface area contributed by atoms with Gasteiger partial charge in [0.15, 0.2) is 14.2 Å². The second-order valence-corrected chi connectivity index (χ2v) is 4.40. The van der Waals surface area contributed by atoms with Gasteiger partial charge in [0.2, 0.25) is 0 Å². The van der Waals surface area contributed by atoms with Crippen LogP contribution in [0.3, 0.4) is 0 Å². The third kappa shape index (κ3) is 2.08. The second kappa shape index (κ2) is 4.47. The second-order valence-electron chi connectivity index (χ2n) is 3.41. The summed E-state index contributed by atoms with van der Waals surface area (Å²) in [5.74, 6) is -0.0442. The SMILES string of the molecule is Cc1cccc(C)c1C(=O)C(C)P=O. The molecule has 74 valence electrons. The molecular weight excluding hydrogens is 195 g/mol. The quantitative estimate of drug-likeness (QED) is 0.564. The molecule has 0 N–H and O–H groups in total. The number of carbonyl (C=O) groups is 1. The Balaban J connectivity index is 3.18. The topological polar surface area (TPSA) is 34.1 Å². The van der Waals surface area contributed by atoms with Crippen molar-refractivity contribution in [3.05, 3.63) is 34.9 Å². The van der Waals surface area contributed by atoms with Gasteiger partial charge in [-0.05, 0) is 31.9 Å². The molecule has 0 amide bonds. The van der Waals surface area contributed by atoms with Gasteiger partial charge in [0.1, 0.15) is 5.66 Å². The summed E-state index contributed by atoms with van der Waals surface area (Å²) in [5, 5.41) is 0. The van der Waals surface area contributed by atoms with Crippen LogP contribution in [0.15, 0.2) is 18.2 Å². The van der Waals surface area contributed by atoms with Gasteiger partial charge in [0.25, 0.3) is 0 Å². The van der Waals surface area contributed by atoms with Crippen LogP contribution in [0, 0.1) is 13.8 Å². The normalized spacial score (nSPS) is 12.8. The highest BCUT2D eigenvalue weighted by Gasteiger charge is 2.18. The van der Waals surface area contributed by atoms with Crippen molar-refractivity contribution >= 4 is 14.2 Å². The largest absolute Gasteiger partial charge is 0.293 e. The van der Waals surface area contributed by atoms with Crippen LogP contribution < -0.4 is 0 Å². The van der Waals surface area contributed by atoms with Gasteiger partial charge in [-0.15, -0.1) is 0 Å². The highest BCUT2D eigenvalue weighted by Crippen LogP contribution is 2.19. The minimum atomic E-state index is -0.449. The maximum absolute atomic E-state index is 11.8. The van der Waals surface area contributed by atoms with E-state index in [1.807, 2.05) is 32.0 Å². The monoisotopic (exact) mass is 208 g/mol. The molecule has 0 aliphatic carbocycles. The van der Waals surface area contributed by atoms with E-state index in [-0.39, 0.29) is 14.2 Å². The molecule has 0 spiro atoms. The Labute approximate surface area is 85.5 Å². The lowest BCUT2D eigenvalue weighted by molar-refractivity contribution is 0.0991. The molecule has 0 heterocycles. The number of hydrogen-bond acceptors (Lipinski definition) is 2. The molecule has 3 heteroatoms. The van der Waals surface area contributed by atoms with Gasteiger partial charge >= 0.3 is 0 Å². The van der Waals surface area contributed by atoms with Gasteiger partial charge in [-0.2, -0.15) is 0 Å². The fraction of sp³-hybridized carbons (Fsp3) is 0.364. The summed E-state index contributed by atoms with van der Waals surface area (Å²) in [6, 6.07) is 5.71. The summed E-state index contributed by atoms with van der Waals surface area (Å²) in [5.41, 5.74) is 2.16. The van der Waals surface area contributed by atoms with Crippen molar-refractivity contribution in [1.29, 1.82) is 0 Å². The first-order valence-electron chi connectivity index (χ1n) is 4.50. The average Bonchev–Trinajstić information content (AvgIpc) is 2.16. The molecule has 0 aliphatic rings. The summed E-state index contributed by atoms with van der Waals surface area (Å²) in [6.45, 7) is 5.46. The standard InChI is InChI=1S/C11H13O2P/c1-7-5-4-6-8(2)10(7)11(12)9(3)14-13/h4-6,9H,1-3H3. The Bertz CT molecular complexity index is 351. The van der Waals surface area contributed by atoms with E-state index in [2.05, 4.69) is 0 Å². The van der Waals surface area contributed by atoms with Crippen LogP contribution in [-0.2, 0) is 4.57 Å². The van der Waals surface area contributed by atoms with E-state index in [1.165, 1.54) is 0 Å². The highest BCUT2D eigenvalue weighted by molar-refractivity contribution is 7.26. The maximum Gasteiger partial charge on any atom is 0.177 e. The molecule has 1 aromatic carbocycles. The molecule has 2 nitrogen and oxygen atoms in total. The van der Waals surface area contributed by atoms with Crippen molar-refractivity contribution in [3.8, 4) is 0 Å². The number of aryl methyl sites for hydroxylation is 2. The Hall–Kier alpha value is -1.01. The van der Waals surface area contributed by atoms with Crippen molar-refractivity contribution in [3.63, 3.8) is 0 Å². The fourth-order valence-electron chi connectivity index (χ4n) is 1.46. The van der Waals surface area contributed by atoms with Crippen molar-refractivity contribution < 1.29 is 9.36 Å². The molecule has 0 saturated carbocycles. The predicted octanol–water partition coefficient (Wildman–Crippen LogP) is 3.17. The zero-order chi connectivity index (χ0) is 10.7. The Morgan fingerprint density at radius 1 is 1.29 bits per heavy atom. The van der Waals surface area contributed by atoms with Gasteiger partial charge in [-0.1, -0.05) is 18.2 Å². The molecule has 0 radical (unpaired) electrons. The first kappa shape index (κ1) is 11.1. The van der Waals surface area contributed by atoms with Gasteiger partial charge in [-0.3, -0.25) is 9.36 Å². The first-order chi connectivity index (χ1) is 6.57. The minimum Gasteiger partial charge on any atom is -0.293 e.